The minimum Gasteiger partial charge on any atom is -0.474 e. The van der Waals surface area contributed by atoms with Gasteiger partial charge >= 0.3 is 0 Å². The second-order valence-corrected chi connectivity index (χ2v) is 7.60. The van der Waals surface area contributed by atoms with E-state index in [0.717, 1.165) is 29.5 Å². The third-order valence-corrected chi connectivity index (χ3v) is 5.64. The summed E-state index contributed by atoms with van der Waals surface area (Å²) >= 11 is 1.68. The molecule has 3 heterocycles. The molecule has 4 rings (SSSR count). The smallest absolute Gasteiger partial charge is 0.253 e. The maximum Gasteiger partial charge on any atom is 0.253 e. The van der Waals surface area contributed by atoms with Gasteiger partial charge in [-0.25, -0.2) is 4.98 Å². The molecule has 2 aromatic heterocycles. The zero-order valence-electron chi connectivity index (χ0n) is 15.3. The summed E-state index contributed by atoms with van der Waals surface area (Å²) in [5.41, 5.74) is 4.13. The topological polar surface area (TPSA) is 42.4 Å². The number of aromatic nitrogens is 1. The van der Waals surface area contributed by atoms with Crippen molar-refractivity contribution in [1.29, 1.82) is 0 Å². The number of nitrogens with zero attached hydrogens (tertiary/aromatic N) is 2. The second kappa shape index (κ2) is 7.92. The van der Waals surface area contributed by atoms with E-state index in [1.165, 1.54) is 5.56 Å². The lowest BCUT2D eigenvalue weighted by Gasteiger charge is -2.32. The number of carbonyl (C=O) groups is 1. The van der Waals surface area contributed by atoms with Crippen LogP contribution >= 0.6 is 11.3 Å². The molecular weight excluding hydrogens is 356 g/mol. The van der Waals surface area contributed by atoms with Crippen molar-refractivity contribution < 1.29 is 9.53 Å². The van der Waals surface area contributed by atoms with Crippen LogP contribution in [0.1, 0.15) is 28.8 Å². The molecule has 0 aliphatic carbocycles. The first-order valence-corrected chi connectivity index (χ1v) is 10.1. The van der Waals surface area contributed by atoms with Gasteiger partial charge in [0.25, 0.3) is 5.91 Å². The number of pyridine rings is 1. The number of hydrogen-bond acceptors (Lipinski definition) is 4. The molecule has 5 heteroatoms. The van der Waals surface area contributed by atoms with Crippen molar-refractivity contribution in [1.82, 2.24) is 9.88 Å². The second-order valence-electron chi connectivity index (χ2n) is 6.82. The monoisotopic (exact) mass is 378 g/mol. The summed E-state index contributed by atoms with van der Waals surface area (Å²) in [5, 5.41) is 4.18. The Balaban J connectivity index is 1.35. The molecule has 0 unspecified atom stereocenters. The van der Waals surface area contributed by atoms with Gasteiger partial charge in [0, 0.05) is 43.3 Å². The van der Waals surface area contributed by atoms with Crippen LogP contribution < -0.4 is 4.74 Å². The van der Waals surface area contributed by atoms with Crippen molar-refractivity contribution in [3.8, 4) is 17.0 Å². The number of hydrogen-bond donors (Lipinski definition) is 0. The summed E-state index contributed by atoms with van der Waals surface area (Å²) in [5.74, 6) is 0.797. The zero-order chi connectivity index (χ0) is 18.6. The Morgan fingerprint density at radius 1 is 1.11 bits per heavy atom. The number of benzene rings is 1. The quantitative estimate of drug-likeness (QED) is 0.655. The number of carbonyl (C=O) groups excluding carboxylic acids is 1. The highest BCUT2D eigenvalue weighted by Crippen LogP contribution is 2.24. The van der Waals surface area contributed by atoms with Gasteiger partial charge < -0.3 is 9.64 Å². The number of piperidine rings is 1. The Kier molecular flexibility index (Phi) is 5.21. The molecular formula is C22H22N2O2S. The molecule has 1 aromatic carbocycles. The molecule has 3 aromatic rings. The van der Waals surface area contributed by atoms with Gasteiger partial charge in [0.2, 0.25) is 5.88 Å². The third-order valence-electron chi connectivity index (χ3n) is 4.96. The standard InChI is InChI=1S/C22H22N2O2S/c1-16-3-2-11-23-21(16)26-20-8-12-24(13-9-20)22(25)18-6-4-17(5-7-18)19-10-14-27-15-19/h2-7,10-11,14-15,20H,8-9,12-13H2,1H3. The molecule has 1 aliphatic rings. The molecule has 0 spiro atoms. The number of likely N-dealkylation sites (tertiary alicyclic amines) is 1. The number of ether oxygens (including phenoxy) is 1. The van der Waals surface area contributed by atoms with Crippen molar-refractivity contribution in [2.75, 3.05) is 13.1 Å². The Morgan fingerprint density at radius 2 is 1.89 bits per heavy atom. The molecule has 1 amide bonds. The summed E-state index contributed by atoms with van der Waals surface area (Å²) in [6.07, 6.45) is 3.52. The number of amides is 1. The fourth-order valence-electron chi connectivity index (χ4n) is 3.35. The largest absolute Gasteiger partial charge is 0.474 e. The van der Waals surface area contributed by atoms with Crippen LogP contribution in [0.25, 0.3) is 11.1 Å². The molecule has 0 bridgehead atoms. The summed E-state index contributed by atoms with van der Waals surface area (Å²) in [6.45, 7) is 3.42. The van der Waals surface area contributed by atoms with E-state index in [-0.39, 0.29) is 12.0 Å². The number of aryl methyl sites for hydroxylation is 1. The van der Waals surface area contributed by atoms with Gasteiger partial charge in [-0.05, 0) is 53.1 Å². The van der Waals surface area contributed by atoms with E-state index in [1.54, 1.807) is 17.5 Å². The summed E-state index contributed by atoms with van der Waals surface area (Å²) in [7, 11) is 0. The van der Waals surface area contributed by atoms with Gasteiger partial charge in [-0.1, -0.05) is 18.2 Å². The fourth-order valence-corrected chi connectivity index (χ4v) is 4.01. The van der Waals surface area contributed by atoms with E-state index in [1.807, 2.05) is 48.2 Å². The molecule has 1 saturated heterocycles. The van der Waals surface area contributed by atoms with E-state index in [0.29, 0.717) is 19.0 Å². The van der Waals surface area contributed by atoms with Crippen molar-refractivity contribution in [3.63, 3.8) is 0 Å². The van der Waals surface area contributed by atoms with Crippen molar-refractivity contribution in [2.45, 2.75) is 25.9 Å². The Morgan fingerprint density at radius 3 is 2.56 bits per heavy atom. The first-order chi connectivity index (χ1) is 13.2. The van der Waals surface area contributed by atoms with Gasteiger partial charge in [0.05, 0.1) is 0 Å². The highest BCUT2D eigenvalue weighted by molar-refractivity contribution is 7.08. The van der Waals surface area contributed by atoms with Crippen molar-refractivity contribution >= 4 is 17.2 Å². The predicted octanol–water partition coefficient (Wildman–Crippen LogP) is 4.80. The average Bonchev–Trinajstić information content (AvgIpc) is 3.25. The van der Waals surface area contributed by atoms with Gasteiger partial charge in [0.15, 0.2) is 0 Å². The molecule has 27 heavy (non-hydrogen) atoms. The lowest BCUT2D eigenvalue weighted by molar-refractivity contribution is 0.0586. The maximum atomic E-state index is 12.8. The van der Waals surface area contributed by atoms with Crippen molar-refractivity contribution in [3.05, 3.63) is 70.5 Å². The van der Waals surface area contributed by atoms with Crippen LogP contribution in [0.3, 0.4) is 0 Å². The van der Waals surface area contributed by atoms with E-state index in [4.69, 9.17) is 4.74 Å². The SMILES string of the molecule is Cc1cccnc1OC1CCN(C(=O)c2ccc(-c3ccsc3)cc2)CC1. The van der Waals surface area contributed by atoms with Crippen LogP contribution in [0.4, 0.5) is 0 Å². The van der Waals surface area contributed by atoms with Gasteiger partial charge in [-0.2, -0.15) is 11.3 Å². The summed E-state index contributed by atoms with van der Waals surface area (Å²) in [6, 6.07) is 13.9. The molecule has 0 N–H and O–H groups in total. The molecule has 1 fully saturated rings. The van der Waals surface area contributed by atoms with Gasteiger partial charge in [-0.3, -0.25) is 4.79 Å². The third kappa shape index (κ3) is 4.03. The lowest BCUT2D eigenvalue weighted by atomic mass is 10.0. The molecule has 4 nitrogen and oxygen atoms in total. The normalized spacial score (nSPS) is 14.9. The Labute approximate surface area is 163 Å². The molecule has 0 saturated carbocycles. The van der Waals surface area contributed by atoms with E-state index >= 15 is 0 Å². The van der Waals surface area contributed by atoms with Crippen molar-refractivity contribution in [2.24, 2.45) is 0 Å². The van der Waals surface area contributed by atoms with Gasteiger partial charge in [-0.15, -0.1) is 0 Å². The van der Waals surface area contributed by atoms with Crippen LogP contribution in [-0.2, 0) is 0 Å². The minimum absolute atomic E-state index is 0.0966. The fraction of sp³-hybridized carbons (Fsp3) is 0.273. The zero-order valence-corrected chi connectivity index (χ0v) is 16.1. The van der Waals surface area contributed by atoms with Crippen LogP contribution in [0.15, 0.2) is 59.4 Å². The maximum absolute atomic E-state index is 12.8. The van der Waals surface area contributed by atoms with Gasteiger partial charge in [0.1, 0.15) is 6.10 Å². The highest BCUT2D eigenvalue weighted by Gasteiger charge is 2.25. The molecule has 0 atom stereocenters. The van der Waals surface area contributed by atoms with Crippen LogP contribution in [0, 0.1) is 6.92 Å². The minimum atomic E-state index is 0.0966. The Bertz CT molecular complexity index is 898. The number of rotatable bonds is 4. The first-order valence-electron chi connectivity index (χ1n) is 9.21. The van der Waals surface area contributed by atoms with E-state index in [2.05, 4.69) is 21.8 Å². The summed E-state index contributed by atoms with van der Waals surface area (Å²) < 4.78 is 6.03. The van der Waals surface area contributed by atoms with E-state index in [9.17, 15) is 4.79 Å². The van der Waals surface area contributed by atoms with E-state index < -0.39 is 0 Å². The summed E-state index contributed by atoms with van der Waals surface area (Å²) in [4.78, 5) is 19.0. The molecule has 0 radical (unpaired) electrons. The lowest BCUT2D eigenvalue weighted by Crippen LogP contribution is -2.41. The number of thiophene rings is 1. The average molecular weight is 378 g/mol. The van der Waals surface area contributed by atoms with Crippen LogP contribution in [0.2, 0.25) is 0 Å². The highest BCUT2D eigenvalue weighted by atomic mass is 32.1. The van der Waals surface area contributed by atoms with Crippen LogP contribution in [0.5, 0.6) is 5.88 Å². The first kappa shape index (κ1) is 17.7. The molecule has 138 valence electrons. The predicted molar refractivity (Wildman–Crippen MR) is 108 cm³/mol. The molecule has 1 aliphatic heterocycles. The Hall–Kier alpha value is -2.66. The van der Waals surface area contributed by atoms with Crippen LogP contribution in [-0.4, -0.2) is 35.0 Å².